The minimum atomic E-state index is -3.88. The molecule has 1 atom stereocenters. The summed E-state index contributed by atoms with van der Waals surface area (Å²) in [6.45, 7) is 1.18. The van der Waals surface area contributed by atoms with E-state index in [0.29, 0.717) is 0 Å². The second kappa shape index (κ2) is 6.06. The first-order valence-corrected chi connectivity index (χ1v) is 7.75. The third-order valence-electron chi connectivity index (χ3n) is 3.06. The van der Waals surface area contributed by atoms with Gasteiger partial charge in [-0.25, -0.2) is 13.1 Å². The number of nitrogens with one attached hydrogen (secondary N) is 2. The number of sulfonamides is 1. The number of carbonyl (C=O) groups is 1. The predicted octanol–water partition coefficient (Wildman–Crippen LogP) is 0.969. The summed E-state index contributed by atoms with van der Waals surface area (Å²) in [5.74, 6) is -1.38. The van der Waals surface area contributed by atoms with Crippen molar-refractivity contribution in [2.75, 3.05) is 0 Å². The number of aliphatic carboxylic acids is 1. The molecule has 0 bridgehead atoms. The second-order valence-corrected chi connectivity index (χ2v) is 6.60. The van der Waals surface area contributed by atoms with Crippen LogP contribution >= 0.6 is 0 Å². The molecule has 8 heteroatoms. The molecule has 7 nitrogen and oxygen atoms in total. The largest absolute Gasteiger partial charge is 0.480 e. The SMILES string of the molecule is CC(C(=O)O)S(=O)(=O)NCc1ccc(-c2ccn[nH]2)cc1. The van der Waals surface area contributed by atoms with E-state index in [4.69, 9.17) is 5.11 Å². The normalized spacial score (nSPS) is 13.0. The van der Waals surface area contributed by atoms with Crippen LogP contribution in [0.15, 0.2) is 36.5 Å². The van der Waals surface area contributed by atoms with Gasteiger partial charge in [-0.15, -0.1) is 0 Å². The third kappa shape index (κ3) is 3.67. The molecule has 0 saturated carbocycles. The highest BCUT2D eigenvalue weighted by Crippen LogP contribution is 2.16. The first-order valence-electron chi connectivity index (χ1n) is 6.20. The topological polar surface area (TPSA) is 112 Å². The summed E-state index contributed by atoms with van der Waals surface area (Å²) in [7, 11) is -3.88. The van der Waals surface area contributed by atoms with Crippen LogP contribution in [0.2, 0.25) is 0 Å². The molecule has 0 fully saturated rings. The maximum absolute atomic E-state index is 11.7. The molecule has 1 aromatic heterocycles. The highest BCUT2D eigenvalue weighted by Gasteiger charge is 2.26. The van der Waals surface area contributed by atoms with E-state index in [1.165, 1.54) is 0 Å². The maximum atomic E-state index is 11.7. The van der Waals surface area contributed by atoms with Gasteiger partial charge in [0.15, 0.2) is 5.25 Å². The quantitative estimate of drug-likeness (QED) is 0.736. The van der Waals surface area contributed by atoms with Crippen molar-refractivity contribution in [3.05, 3.63) is 42.1 Å². The van der Waals surface area contributed by atoms with Gasteiger partial charge < -0.3 is 5.11 Å². The van der Waals surface area contributed by atoms with Crippen LogP contribution in [0.1, 0.15) is 12.5 Å². The molecule has 2 aromatic rings. The average molecular weight is 309 g/mol. The van der Waals surface area contributed by atoms with Gasteiger partial charge in [-0.1, -0.05) is 24.3 Å². The van der Waals surface area contributed by atoms with Crippen molar-refractivity contribution in [1.82, 2.24) is 14.9 Å². The van der Waals surface area contributed by atoms with Gasteiger partial charge in [0, 0.05) is 12.7 Å². The summed E-state index contributed by atoms with van der Waals surface area (Å²) in [6.07, 6.45) is 1.64. The average Bonchev–Trinajstić information content (AvgIpc) is 2.99. The number of nitrogens with zero attached hydrogens (tertiary/aromatic N) is 1. The summed E-state index contributed by atoms with van der Waals surface area (Å²) < 4.78 is 25.7. The van der Waals surface area contributed by atoms with E-state index in [2.05, 4.69) is 14.9 Å². The Kier molecular flexibility index (Phi) is 4.39. The molecule has 0 aliphatic rings. The van der Waals surface area contributed by atoms with E-state index >= 15 is 0 Å². The van der Waals surface area contributed by atoms with Gasteiger partial charge in [0.25, 0.3) is 0 Å². The van der Waals surface area contributed by atoms with E-state index in [1.807, 2.05) is 18.2 Å². The Hall–Kier alpha value is -2.19. The molecule has 2 rings (SSSR count). The fourth-order valence-electron chi connectivity index (χ4n) is 1.66. The molecule has 0 spiro atoms. The molecule has 112 valence electrons. The smallest absolute Gasteiger partial charge is 0.323 e. The third-order valence-corrected chi connectivity index (χ3v) is 4.74. The van der Waals surface area contributed by atoms with Crippen molar-refractivity contribution in [2.24, 2.45) is 0 Å². The van der Waals surface area contributed by atoms with Gasteiger partial charge in [-0.2, -0.15) is 5.10 Å². The van der Waals surface area contributed by atoms with Crippen molar-refractivity contribution < 1.29 is 18.3 Å². The molecule has 1 unspecified atom stereocenters. The number of aromatic nitrogens is 2. The highest BCUT2D eigenvalue weighted by molar-refractivity contribution is 7.90. The van der Waals surface area contributed by atoms with Gasteiger partial charge in [0.2, 0.25) is 10.0 Å². The lowest BCUT2D eigenvalue weighted by Gasteiger charge is -2.10. The zero-order chi connectivity index (χ0) is 15.5. The zero-order valence-electron chi connectivity index (χ0n) is 11.3. The maximum Gasteiger partial charge on any atom is 0.323 e. The van der Waals surface area contributed by atoms with Crippen LogP contribution in [0.3, 0.4) is 0 Å². The molecule has 0 aliphatic carbocycles. The van der Waals surface area contributed by atoms with Crippen LogP contribution in [-0.2, 0) is 21.4 Å². The standard InChI is InChI=1S/C13H15N3O4S/c1-9(13(17)18)21(19,20)15-8-10-2-4-11(5-3-10)12-6-7-14-16-12/h2-7,9,15H,8H2,1H3,(H,14,16)(H,17,18). The molecule has 21 heavy (non-hydrogen) atoms. The van der Waals surface area contributed by atoms with Gasteiger partial charge in [-0.3, -0.25) is 9.89 Å². The number of hydrogen-bond donors (Lipinski definition) is 3. The van der Waals surface area contributed by atoms with Crippen LogP contribution < -0.4 is 4.72 Å². The molecular formula is C13H15N3O4S. The molecule has 0 aliphatic heterocycles. The van der Waals surface area contributed by atoms with Crippen molar-refractivity contribution >= 4 is 16.0 Å². The molecule has 1 aromatic carbocycles. The Balaban J connectivity index is 2.03. The van der Waals surface area contributed by atoms with Crippen LogP contribution in [0.25, 0.3) is 11.3 Å². The Morgan fingerprint density at radius 2 is 2.00 bits per heavy atom. The number of H-pyrrole nitrogens is 1. The van der Waals surface area contributed by atoms with Crippen molar-refractivity contribution in [2.45, 2.75) is 18.7 Å². The van der Waals surface area contributed by atoms with E-state index in [1.54, 1.807) is 18.3 Å². The second-order valence-electron chi connectivity index (χ2n) is 4.51. The zero-order valence-corrected chi connectivity index (χ0v) is 12.1. The number of hydrogen-bond acceptors (Lipinski definition) is 4. The van der Waals surface area contributed by atoms with Gasteiger partial charge in [0.1, 0.15) is 0 Å². The number of rotatable bonds is 6. The molecule has 3 N–H and O–H groups in total. The highest BCUT2D eigenvalue weighted by atomic mass is 32.2. The summed E-state index contributed by atoms with van der Waals surface area (Å²) in [4.78, 5) is 10.7. The minimum Gasteiger partial charge on any atom is -0.480 e. The van der Waals surface area contributed by atoms with Gasteiger partial charge in [-0.05, 0) is 24.1 Å². The fourth-order valence-corrected chi connectivity index (χ4v) is 2.54. The molecule has 0 radical (unpaired) electrons. The van der Waals surface area contributed by atoms with Crippen LogP contribution in [-0.4, -0.2) is 34.9 Å². The molecule has 1 heterocycles. The van der Waals surface area contributed by atoms with E-state index in [-0.39, 0.29) is 6.54 Å². The fraction of sp³-hybridized carbons (Fsp3) is 0.231. The number of carboxylic acids is 1. The number of benzene rings is 1. The van der Waals surface area contributed by atoms with Gasteiger partial charge >= 0.3 is 5.97 Å². The molecule has 0 amide bonds. The Morgan fingerprint density at radius 1 is 1.33 bits per heavy atom. The molecular weight excluding hydrogens is 294 g/mol. The van der Waals surface area contributed by atoms with Gasteiger partial charge in [0.05, 0.1) is 5.69 Å². The Morgan fingerprint density at radius 3 is 2.52 bits per heavy atom. The lowest BCUT2D eigenvalue weighted by Crippen LogP contribution is -2.37. The number of carboxylic acid groups (broad SMARTS) is 1. The summed E-state index contributed by atoms with van der Waals surface area (Å²) >= 11 is 0. The minimum absolute atomic E-state index is 0.0449. The van der Waals surface area contributed by atoms with Crippen LogP contribution in [0.4, 0.5) is 0 Å². The monoisotopic (exact) mass is 309 g/mol. The predicted molar refractivity (Wildman–Crippen MR) is 76.9 cm³/mol. The first kappa shape index (κ1) is 15.2. The lowest BCUT2D eigenvalue weighted by atomic mass is 10.1. The van der Waals surface area contributed by atoms with E-state index < -0.39 is 21.2 Å². The van der Waals surface area contributed by atoms with E-state index in [0.717, 1.165) is 23.7 Å². The lowest BCUT2D eigenvalue weighted by molar-refractivity contribution is -0.136. The summed E-state index contributed by atoms with van der Waals surface area (Å²) in [5, 5.41) is 13.9. The van der Waals surface area contributed by atoms with Crippen molar-refractivity contribution in [1.29, 1.82) is 0 Å². The molecule has 0 saturated heterocycles. The van der Waals surface area contributed by atoms with Crippen LogP contribution in [0, 0.1) is 0 Å². The Labute approximate surface area is 122 Å². The van der Waals surface area contributed by atoms with Crippen LogP contribution in [0.5, 0.6) is 0 Å². The van der Waals surface area contributed by atoms with Crippen molar-refractivity contribution in [3.8, 4) is 11.3 Å². The van der Waals surface area contributed by atoms with Crippen molar-refractivity contribution in [3.63, 3.8) is 0 Å². The summed E-state index contributed by atoms with van der Waals surface area (Å²) in [5.41, 5.74) is 2.53. The van der Waals surface area contributed by atoms with E-state index in [9.17, 15) is 13.2 Å². The first-order chi connectivity index (χ1) is 9.90. The Bertz CT molecular complexity index is 708. The summed E-state index contributed by atoms with van der Waals surface area (Å²) in [6, 6.07) is 9.02. The number of aromatic amines is 1.